The van der Waals surface area contributed by atoms with Crippen molar-refractivity contribution >= 4 is 15.7 Å². The van der Waals surface area contributed by atoms with Crippen molar-refractivity contribution in [2.75, 3.05) is 18.1 Å². The zero-order valence-corrected chi connectivity index (χ0v) is 14.9. The number of ether oxygens (including phenoxy) is 1. The van der Waals surface area contributed by atoms with Gasteiger partial charge in [-0.1, -0.05) is 29.8 Å². The molecule has 0 saturated carbocycles. The third-order valence-corrected chi connectivity index (χ3v) is 6.76. The van der Waals surface area contributed by atoms with Crippen LogP contribution >= 0.6 is 0 Å². The van der Waals surface area contributed by atoms with Crippen molar-refractivity contribution in [3.05, 3.63) is 35.4 Å². The zero-order valence-electron chi connectivity index (χ0n) is 14.1. The van der Waals surface area contributed by atoms with E-state index in [0.717, 1.165) is 18.4 Å². The van der Waals surface area contributed by atoms with Crippen LogP contribution < -0.4 is 5.32 Å². The fourth-order valence-electron chi connectivity index (χ4n) is 3.62. The second-order valence-corrected chi connectivity index (χ2v) is 9.30. The third-order valence-electron chi connectivity index (χ3n) is 4.97. The molecular formula is C18H25NO4S. The minimum Gasteiger partial charge on any atom is -0.374 e. The molecule has 2 aliphatic heterocycles. The first-order valence-corrected chi connectivity index (χ1v) is 10.4. The van der Waals surface area contributed by atoms with Crippen LogP contribution in [-0.4, -0.2) is 44.1 Å². The van der Waals surface area contributed by atoms with Gasteiger partial charge in [0, 0.05) is 19.1 Å². The number of hydrogen-bond donors (Lipinski definition) is 1. The first kappa shape index (κ1) is 17.4. The molecular weight excluding hydrogens is 326 g/mol. The van der Waals surface area contributed by atoms with Gasteiger partial charge in [-0.2, -0.15) is 0 Å². The number of sulfone groups is 1. The van der Waals surface area contributed by atoms with Gasteiger partial charge in [-0.25, -0.2) is 8.42 Å². The van der Waals surface area contributed by atoms with Crippen molar-refractivity contribution < 1.29 is 17.9 Å². The second-order valence-electron chi connectivity index (χ2n) is 7.12. The van der Waals surface area contributed by atoms with Gasteiger partial charge in [0.15, 0.2) is 9.84 Å². The lowest BCUT2D eigenvalue weighted by atomic mass is 9.90. The van der Waals surface area contributed by atoms with Crippen molar-refractivity contribution in [1.29, 1.82) is 0 Å². The number of aryl methyl sites for hydroxylation is 2. The smallest absolute Gasteiger partial charge is 0.220 e. The SMILES string of the molecule is Cc1ccc(CCC(=O)N[C@@H]2CCO[C@@]3(CCS(=O)(=O)C3)C2)cc1. The molecule has 24 heavy (non-hydrogen) atoms. The summed E-state index contributed by atoms with van der Waals surface area (Å²) < 4.78 is 29.3. The molecule has 0 unspecified atom stereocenters. The summed E-state index contributed by atoms with van der Waals surface area (Å²) in [5, 5.41) is 3.07. The van der Waals surface area contributed by atoms with Crippen molar-refractivity contribution in [3.8, 4) is 0 Å². The van der Waals surface area contributed by atoms with Gasteiger partial charge in [-0.05, 0) is 38.2 Å². The van der Waals surface area contributed by atoms with E-state index >= 15 is 0 Å². The Labute approximate surface area is 143 Å². The van der Waals surface area contributed by atoms with Gasteiger partial charge in [-0.3, -0.25) is 4.79 Å². The molecule has 2 heterocycles. The normalized spacial score (nSPS) is 28.8. The van der Waals surface area contributed by atoms with Crippen LogP contribution in [0.25, 0.3) is 0 Å². The van der Waals surface area contributed by atoms with E-state index in [4.69, 9.17) is 4.74 Å². The number of nitrogens with one attached hydrogen (secondary N) is 1. The van der Waals surface area contributed by atoms with Crippen LogP contribution in [-0.2, 0) is 25.8 Å². The van der Waals surface area contributed by atoms with Crippen LogP contribution in [0.1, 0.15) is 36.8 Å². The summed E-state index contributed by atoms with van der Waals surface area (Å²) in [6.45, 7) is 2.55. The molecule has 0 aromatic heterocycles. The Morgan fingerprint density at radius 3 is 2.75 bits per heavy atom. The molecule has 1 N–H and O–H groups in total. The predicted molar refractivity (Wildman–Crippen MR) is 92.6 cm³/mol. The highest BCUT2D eigenvalue weighted by Crippen LogP contribution is 2.35. The molecule has 1 amide bonds. The molecule has 2 saturated heterocycles. The van der Waals surface area contributed by atoms with Crippen LogP contribution in [0, 0.1) is 6.92 Å². The molecule has 1 aromatic carbocycles. The Bertz CT molecular complexity index is 698. The molecule has 2 atom stereocenters. The van der Waals surface area contributed by atoms with Gasteiger partial charge >= 0.3 is 0 Å². The second kappa shape index (κ2) is 6.84. The Morgan fingerprint density at radius 2 is 2.08 bits per heavy atom. The topological polar surface area (TPSA) is 72.5 Å². The van der Waals surface area contributed by atoms with Gasteiger partial charge < -0.3 is 10.1 Å². The summed E-state index contributed by atoms with van der Waals surface area (Å²) in [4.78, 5) is 12.2. The van der Waals surface area contributed by atoms with Crippen LogP contribution in [0.5, 0.6) is 0 Å². The monoisotopic (exact) mass is 351 g/mol. The minimum atomic E-state index is -2.99. The molecule has 1 spiro atoms. The largest absolute Gasteiger partial charge is 0.374 e. The molecule has 0 aliphatic carbocycles. The van der Waals surface area contributed by atoms with Crippen LogP contribution in [0.2, 0.25) is 0 Å². The molecule has 0 radical (unpaired) electrons. The first-order valence-electron chi connectivity index (χ1n) is 8.55. The average Bonchev–Trinajstić information content (AvgIpc) is 2.81. The van der Waals surface area contributed by atoms with Crippen molar-refractivity contribution in [3.63, 3.8) is 0 Å². The maximum Gasteiger partial charge on any atom is 0.220 e. The lowest BCUT2D eigenvalue weighted by Crippen LogP contribution is -2.49. The summed E-state index contributed by atoms with van der Waals surface area (Å²) in [6.07, 6.45) is 3.06. The van der Waals surface area contributed by atoms with E-state index in [1.165, 1.54) is 5.56 Å². The Hall–Kier alpha value is -1.40. The molecule has 2 fully saturated rings. The number of benzene rings is 1. The molecule has 1 aromatic rings. The Kier molecular flexibility index (Phi) is 4.97. The summed E-state index contributed by atoms with van der Waals surface area (Å²) in [7, 11) is -2.99. The van der Waals surface area contributed by atoms with E-state index in [2.05, 4.69) is 29.6 Å². The van der Waals surface area contributed by atoms with Gasteiger partial charge in [0.1, 0.15) is 0 Å². The van der Waals surface area contributed by atoms with E-state index in [1.807, 2.05) is 6.92 Å². The molecule has 0 bridgehead atoms. The average molecular weight is 351 g/mol. The minimum absolute atomic E-state index is 0.0116. The van der Waals surface area contributed by atoms with Crippen molar-refractivity contribution in [1.82, 2.24) is 5.32 Å². The number of amides is 1. The molecule has 132 valence electrons. The summed E-state index contributed by atoms with van der Waals surface area (Å²) >= 11 is 0. The lowest BCUT2D eigenvalue weighted by molar-refractivity contribution is -0.124. The highest BCUT2D eigenvalue weighted by atomic mass is 32.2. The van der Waals surface area contributed by atoms with E-state index in [1.54, 1.807) is 0 Å². The first-order chi connectivity index (χ1) is 11.4. The van der Waals surface area contributed by atoms with E-state index < -0.39 is 15.4 Å². The highest BCUT2D eigenvalue weighted by molar-refractivity contribution is 7.91. The van der Waals surface area contributed by atoms with Gasteiger partial charge in [0.25, 0.3) is 0 Å². The van der Waals surface area contributed by atoms with E-state index in [-0.39, 0.29) is 23.5 Å². The quantitative estimate of drug-likeness (QED) is 0.897. The standard InChI is InChI=1S/C18H25NO4S/c1-14-2-4-15(5-3-14)6-7-17(20)19-16-8-10-23-18(12-16)9-11-24(21,22)13-18/h2-5,16H,6-13H2,1H3,(H,19,20)/t16-,18+/m1/s1. The van der Waals surface area contributed by atoms with Gasteiger partial charge in [0.2, 0.25) is 5.91 Å². The fraction of sp³-hybridized carbons (Fsp3) is 0.611. The zero-order chi connectivity index (χ0) is 17.2. The Morgan fingerprint density at radius 1 is 1.33 bits per heavy atom. The van der Waals surface area contributed by atoms with E-state index in [9.17, 15) is 13.2 Å². The summed E-state index contributed by atoms with van der Waals surface area (Å²) in [5.74, 6) is 0.315. The van der Waals surface area contributed by atoms with Crippen LogP contribution in [0.15, 0.2) is 24.3 Å². The van der Waals surface area contributed by atoms with Crippen molar-refractivity contribution in [2.24, 2.45) is 0 Å². The number of carbonyl (C=O) groups is 1. The Balaban J connectivity index is 1.50. The third kappa shape index (κ3) is 4.36. The van der Waals surface area contributed by atoms with E-state index in [0.29, 0.717) is 25.9 Å². The van der Waals surface area contributed by atoms with Crippen LogP contribution in [0.3, 0.4) is 0 Å². The van der Waals surface area contributed by atoms with Crippen molar-refractivity contribution in [2.45, 2.75) is 50.7 Å². The van der Waals surface area contributed by atoms with Gasteiger partial charge in [0.05, 0.1) is 17.1 Å². The summed E-state index contributed by atoms with van der Waals surface area (Å²) in [6, 6.07) is 8.22. The molecule has 6 heteroatoms. The maximum atomic E-state index is 12.2. The van der Waals surface area contributed by atoms with Gasteiger partial charge in [-0.15, -0.1) is 0 Å². The number of rotatable bonds is 4. The maximum absolute atomic E-state index is 12.2. The molecule has 2 aliphatic rings. The van der Waals surface area contributed by atoms with Crippen LogP contribution in [0.4, 0.5) is 0 Å². The predicted octanol–water partition coefficient (Wildman–Crippen LogP) is 1.78. The molecule has 5 nitrogen and oxygen atoms in total. The number of hydrogen-bond acceptors (Lipinski definition) is 4. The molecule has 3 rings (SSSR count). The summed E-state index contributed by atoms with van der Waals surface area (Å²) in [5.41, 5.74) is 1.79. The lowest BCUT2D eigenvalue weighted by Gasteiger charge is -2.37. The highest BCUT2D eigenvalue weighted by Gasteiger charge is 2.46. The number of carbonyl (C=O) groups excluding carboxylic acids is 1. The fourth-order valence-corrected chi connectivity index (χ4v) is 5.60.